The van der Waals surface area contributed by atoms with Crippen LogP contribution in [-0.2, 0) is 6.54 Å². The molecule has 0 aromatic heterocycles. The number of imide groups is 1. The zero-order chi connectivity index (χ0) is 18.6. The summed E-state index contributed by atoms with van der Waals surface area (Å²) in [6.45, 7) is 2.51. The van der Waals surface area contributed by atoms with Crippen molar-refractivity contribution in [2.24, 2.45) is 11.8 Å². The SMILES string of the molecule is O=C1c2ccccc2C(=O)N1CC1CCC(CNCc2ccccc2)CC1. The molecule has 1 N–H and O–H groups in total. The molecule has 140 valence electrons. The molecule has 0 saturated heterocycles. The van der Waals surface area contributed by atoms with Crippen molar-refractivity contribution in [3.05, 3.63) is 71.3 Å². The van der Waals surface area contributed by atoms with E-state index in [0.717, 1.165) is 38.8 Å². The lowest BCUT2D eigenvalue weighted by atomic mass is 9.81. The van der Waals surface area contributed by atoms with Gasteiger partial charge in [0.2, 0.25) is 0 Å². The minimum atomic E-state index is -0.123. The zero-order valence-corrected chi connectivity index (χ0v) is 15.6. The highest BCUT2D eigenvalue weighted by atomic mass is 16.2. The fourth-order valence-corrected chi connectivity index (χ4v) is 4.30. The average Bonchev–Trinajstić information content (AvgIpc) is 2.95. The van der Waals surface area contributed by atoms with E-state index in [1.54, 1.807) is 12.1 Å². The largest absolute Gasteiger partial charge is 0.312 e. The van der Waals surface area contributed by atoms with Gasteiger partial charge in [0.25, 0.3) is 11.8 Å². The molecule has 0 spiro atoms. The first-order chi connectivity index (χ1) is 13.2. The number of carbonyl (C=O) groups excluding carboxylic acids is 2. The van der Waals surface area contributed by atoms with E-state index >= 15 is 0 Å². The van der Waals surface area contributed by atoms with Gasteiger partial charge in [0.1, 0.15) is 0 Å². The van der Waals surface area contributed by atoms with Gasteiger partial charge in [-0.1, -0.05) is 42.5 Å². The van der Waals surface area contributed by atoms with E-state index in [-0.39, 0.29) is 11.8 Å². The Balaban J connectivity index is 1.23. The summed E-state index contributed by atoms with van der Waals surface area (Å²) in [6, 6.07) is 17.6. The van der Waals surface area contributed by atoms with E-state index in [2.05, 4.69) is 29.6 Å². The highest BCUT2D eigenvalue weighted by Gasteiger charge is 2.36. The lowest BCUT2D eigenvalue weighted by molar-refractivity contribution is 0.0610. The molecule has 1 fully saturated rings. The molecule has 1 saturated carbocycles. The molecule has 0 atom stereocenters. The van der Waals surface area contributed by atoms with Gasteiger partial charge < -0.3 is 5.32 Å². The Morgan fingerprint density at radius 1 is 0.778 bits per heavy atom. The quantitative estimate of drug-likeness (QED) is 0.794. The van der Waals surface area contributed by atoms with Crippen molar-refractivity contribution in [2.75, 3.05) is 13.1 Å². The molecule has 27 heavy (non-hydrogen) atoms. The van der Waals surface area contributed by atoms with Crippen molar-refractivity contribution in [2.45, 2.75) is 32.2 Å². The number of benzene rings is 2. The summed E-state index contributed by atoms with van der Waals surface area (Å²) in [5, 5.41) is 3.57. The van der Waals surface area contributed by atoms with Crippen molar-refractivity contribution in [1.82, 2.24) is 10.2 Å². The topological polar surface area (TPSA) is 49.4 Å². The standard InChI is InChI=1S/C23H26N2O2/c26-22-20-8-4-5-9-21(20)23(27)25(22)16-19-12-10-18(11-13-19)15-24-14-17-6-2-1-3-7-17/h1-9,18-19,24H,10-16H2. The summed E-state index contributed by atoms with van der Waals surface area (Å²) in [4.78, 5) is 26.5. The van der Waals surface area contributed by atoms with Gasteiger partial charge in [-0.2, -0.15) is 0 Å². The van der Waals surface area contributed by atoms with Gasteiger partial charge in [0.05, 0.1) is 11.1 Å². The summed E-state index contributed by atoms with van der Waals surface area (Å²) >= 11 is 0. The molecule has 1 aliphatic carbocycles. The van der Waals surface area contributed by atoms with Crippen molar-refractivity contribution in [3.8, 4) is 0 Å². The number of nitrogens with one attached hydrogen (secondary N) is 1. The molecule has 1 aliphatic heterocycles. The lowest BCUT2D eigenvalue weighted by Crippen LogP contribution is -2.36. The Hall–Kier alpha value is -2.46. The molecule has 4 rings (SSSR count). The summed E-state index contributed by atoms with van der Waals surface area (Å²) in [5.74, 6) is 0.870. The first kappa shape index (κ1) is 17.9. The van der Waals surface area contributed by atoms with E-state index < -0.39 is 0 Å². The van der Waals surface area contributed by atoms with Crippen LogP contribution in [0, 0.1) is 11.8 Å². The van der Waals surface area contributed by atoms with Crippen LogP contribution in [0.15, 0.2) is 54.6 Å². The summed E-state index contributed by atoms with van der Waals surface area (Å²) in [6.07, 6.45) is 4.50. The maximum absolute atomic E-state index is 12.5. The molecule has 0 radical (unpaired) electrons. The number of amides is 2. The van der Waals surface area contributed by atoms with Crippen LogP contribution in [0.25, 0.3) is 0 Å². The molecule has 4 nitrogen and oxygen atoms in total. The second-order valence-corrected chi connectivity index (χ2v) is 7.77. The molecular weight excluding hydrogens is 336 g/mol. The normalized spacial score (nSPS) is 22.1. The average molecular weight is 362 g/mol. The van der Waals surface area contributed by atoms with Gasteiger partial charge in [-0.05, 0) is 61.8 Å². The van der Waals surface area contributed by atoms with Crippen LogP contribution in [0.4, 0.5) is 0 Å². The summed E-state index contributed by atoms with van der Waals surface area (Å²) in [7, 11) is 0. The predicted octanol–water partition coefficient (Wildman–Crippen LogP) is 3.88. The molecule has 0 unspecified atom stereocenters. The van der Waals surface area contributed by atoms with Crippen molar-refractivity contribution in [1.29, 1.82) is 0 Å². The maximum Gasteiger partial charge on any atom is 0.261 e. The fourth-order valence-electron chi connectivity index (χ4n) is 4.30. The van der Waals surface area contributed by atoms with Crippen LogP contribution in [0.5, 0.6) is 0 Å². The van der Waals surface area contributed by atoms with Crippen molar-refractivity contribution < 1.29 is 9.59 Å². The van der Waals surface area contributed by atoms with Gasteiger partial charge in [-0.3, -0.25) is 14.5 Å². The first-order valence-electron chi connectivity index (χ1n) is 9.92. The minimum Gasteiger partial charge on any atom is -0.312 e. The Labute approximate surface area is 160 Å². The van der Waals surface area contributed by atoms with Crippen molar-refractivity contribution in [3.63, 3.8) is 0 Å². The van der Waals surface area contributed by atoms with E-state index in [1.807, 2.05) is 18.2 Å². The van der Waals surface area contributed by atoms with Crippen molar-refractivity contribution >= 4 is 11.8 Å². The third-order valence-corrected chi connectivity index (χ3v) is 5.89. The lowest BCUT2D eigenvalue weighted by Gasteiger charge is -2.30. The monoisotopic (exact) mass is 362 g/mol. The highest BCUT2D eigenvalue weighted by Crippen LogP contribution is 2.31. The van der Waals surface area contributed by atoms with E-state index in [0.29, 0.717) is 29.5 Å². The predicted molar refractivity (Wildman–Crippen MR) is 105 cm³/mol. The molecule has 2 aliphatic rings. The van der Waals surface area contributed by atoms with Crippen LogP contribution in [0.3, 0.4) is 0 Å². The number of fused-ring (bicyclic) bond motifs is 1. The molecule has 0 bridgehead atoms. The Bertz CT molecular complexity index is 775. The van der Waals surface area contributed by atoms with Gasteiger partial charge in [0.15, 0.2) is 0 Å². The maximum atomic E-state index is 12.5. The van der Waals surface area contributed by atoms with Gasteiger partial charge in [0, 0.05) is 13.1 Å². The molecule has 2 amide bonds. The van der Waals surface area contributed by atoms with Crippen LogP contribution < -0.4 is 5.32 Å². The van der Waals surface area contributed by atoms with Gasteiger partial charge in [-0.25, -0.2) is 0 Å². The Morgan fingerprint density at radius 2 is 1.33 bits per heavy atom. The number of nitrogens with zero attached hydrogens (tertiary/aromatic N) is 1. The smallest absolute Gasteiger partial charge is 0.261 e. The number of carbonyl (C=O) groups is 2. The number of hydrogen-bond acceptors (Lipinski definition) is 3. The molecular formula is C23H26N2O2. The van der Waals surface area contributed by atoms with Gasteiger partial charge in [-0.15, -0.1) is 0 Å². The van der Waals surface area contributed by atoms with E-state index in [4.69, 9.17) is 0 Å². The summed E-state index contributed by atoms with van der Waals surface area (Å²) in [5.41, 5.74) is 2.43. The number of rotatable bonds is 6. The van der Waals surface area contributed by atoms with Gasteiger partial charge >= 0.3 is 0 Å². The van der Waals surface area contributed by atoms with Crippen LogP contribution in [-0.4, -0.2) is 29.8 Å². The zero-order valence-electron chi connectivity index (χ0n) is 15.6. The second kappa shape index (κ2) is 8.05. The molecule has 2 aromatic carbocycles. The number of hydrogen-bond donors (Lipinski definition) is 1. The van der Waals surface area contributed by atoms with Crippen LogP contribution >= 0.6 is 0 Å². The third-order valence-electron chi connectivity index (χ3n) is 5.89. The van der Waals surface area contributed by atoms with E-state index in [9.17, 15) is 9.59 Å². The van der Waals surface area contributed by atoms with E-state index in [1.165, 1.54) is 10.5 Å². The molecule has 2 aromatic rings. The Kier molecular flexibility index (Phi) is 5.35. The van der Waals surface area contributed by atoms with Crippen LogP contribution in [0.2, 0.25) is 0 Å². The third kappa shape index (κ3) is 3.96. The first-order valence-corrected chi connectivity index (χ1v) is 9.92. The second-order valence-electron chi connectivity index (χ2n) is 7.77. The fraction of sp³-hybridized carbons (Fsp3) is 0.391. The minimum absolute atomic E-state index is 0.123. The Morgan fingerprint density at radius 3 is 1.96 bits per heavy atom. The molecule has 1 heterocycles. The van der Waals surface area contributed by atoms with Crippen LogP contribution in [0.1, 0.15) is 52.0 Å². The highest BCUT2D eigenvalue weighted by molar-refractivity contribution is 6.21. The summed E-state index contributed by atoms with van der Waals surface area (Å²) < 4.78 is 0. The molecule has 4 heteroatoms.